The Morgan fingerprint density at radius 2 is 1.48 bits per heavy atom. The summed E-state index contributed by atoms with van der Waals surface area (Å²) >= 11 is 0. The van der Waals surface area contributed by atoms with Crippen molar-refractivity contribution < 1.29 is 37.6 Å². The number of esters is 1. The standard InChI is InChI=1S/C40H61FN6O7Si2/c1-49-17-19-53-39(48)40(54-20-18-50-2)15-13-31(14-16-40)36-25-37(45(29-51-21-23-55(3,4)5)30-52-22-24-56(6,7)8)47-38(44-36)35(27-43-47)32-26-42-46(28-32)34-11-9-33(41)10-12-34/h9-12,25-28,31H,13-24,29-30H2,1-8H3/t31-,40+. The zero-order chi connectivity index (χ0) is 40.3. The summed E-state index contributed by atoms with van der Waals surface area (Å²) in [5.74, 6) is 0.143. The van der Waals surface area contributed by atoms with E-state index >= 15 is 0 Å². The summed E-state index contributed by atoms with van der Waals surface area (Å²) in [7, 11) is 0.553. The molecule has 1 aliphatic rings. The van der Waals surface area contributed by atoms with Crippen molar-refractivity contribution in [3.8, 4) is 16.8 Å². The largest absolute Gasteiger partial charge is 0.461 e. The van der Waals surface area contributed by atoms with E-state index in [4.69, 9.17) is 38.5 Å². The molecule has 56 heavy (non-hydrogen) atoms. The van der Waals surface area contributed by atoms with Gasteiger partial charge in [-0.05, 0) is 62.0 Å². The molecule has 1 aromatic carbocycles. The summed E-state index contributed by atoms with van der Waals surface area (Å²) in [6, 6.07) is 10.4. The fourth-order valence-corrected chi connectivity index (χ4v) is 8.05. The highest BCUT2D eigenvalue weighted by Crippen LogP contribution is 2.42. The van der Waals surface area contributed by atoms with Crippen molar-refractivity contribution in [3.63, 3.8) is 0 Å². The summed E-state index contributed by atoms with van der Waals surface area (Å²) in [5, 5.41) is 9.47. The molecular weight excluding hydrogens is 752 g/mol. The van der Waals surface area contributed by atoms with Crippen LogP contribution in [-0.4, -0.2) is 119 Å². The van der Waals surface area contributed by atoms with Crippen molar-refractivity contribution in [2.45, 2.75) is 88.6 Å². The van der Waals surface area contributed by atoms with Gasteiger partial charge in [-0.25, -0.2) is 18.9 Å². The van der Waals surface area contributed by atoms with Crippen molar-refractivity contribution in [1.29, 1.82) is 0 Å². The molecule has 0 N–H and O–H groups in total. The first-order valence-corrected chi connectivity index (χ1v) is 27.0. The molecule has 1 fully saturated rings. The lowest BCUT2D eigenvalue weighted by Crippen LogP contribution is -2.46. The van der Waals surface area contributed by atoms with E-state index in [-0.39, 0.29) is 30.9 Å². The molecule has 0 atom stereocenters. The van der Waals surface area contributed by atoms with Gasteiger partial charge in [-0.15, -0.1) is 0 Å². The number of anilines is 1. The summed E-state index contributed by atoms with van der Waals surface area (Å²) in [6.45, 7) is 17.1. The Balaban J connectivity index is 1.51. The van der Waals surface area contributed by atoms with E-state index in [0.29, 0.717) is 71.2 Å². The fourth-order valence-electron chi connectivity index (χ4n) is 6.53. The van der Waals surface area contributed by atoms with E-state index < -0.39 is 21.7 Å². The van der Waals surface area contributed by atoms with E-state index in [9.17, 15) is 9.18 Å². The van der Waals surface area contributed by atoms with E-state index in [2.05, 4.69) is 55.3 Å². The predicted octanol–water partition coefficient (Wildman–Crippen LogP) is 7.40. The van der Waals surface area contributed by atoms with E-state index in [0.717, 1.165) is 40.4 Å². The Morgan fingerprint density at radius 1 is 0.857 bits per heavy atom. The third kappa shape index (κ3) is 12.0. The van der Waals surface area contributed by atoms with Crippen LogP contribution in [0.2, 0.25) is 51.4 Å². The molecule has 4 aromatic rings. The summed E-state index contributed by atoms with van der Waals surface area (Å²) in [6.07, 6.45) is 7.72. The molecule has 0 amide bonds. The Bertz CT molecular complexity index is 1810. The number of halogens is 1. The molecule has 13 nitrogen and oxygen atoms in total. The number of rotatable bonds is 22. The molecule has 0 aliphatic heterocycles. The van der Waals surface area contributed by atoms with Crippen LogP contribution in [0.3, 0.4) is 0 Å². The van der Waals surface area contributed by atoms with Gasteiger partial charge < -0.3 is 33.3 Å². The average molecular weight is 813 g/mol. The van der Waals surface area contributed by atoms with Crippen molar-refractivity contribution in [2.24, 2.45) is 0 Å². The zero-order valence-corrected chi connectivity index (χ0v) is 36.5. The minimum absolute atomic E-state index is 0.0248. The normalized spacial score (nSPS) is 17.8. The Labute approximate surface area is 332 Å². The van der Waals surface area contributed by atoms with Crippen molar-refractivity contribution in [3.05, 3.63) is 60.4 Å². The molecule has 308 valence electrons. The number of fused-ring (bicyclic) bond motifs is 1. The van der Waals surface area contributed by atoms with Gasteiger partial charge >= 0.3 is 5.97 Å². The number of hydrogen-bond donors (Lipinski definition) is 0. The Kier molecular flexibility index (Phi) is 15.4. The number of methoxy groups -OCH3 is 2. The quantitative estimate of drug-likeness (QED) is 0.0342. The van der Waals surface area contributed by atoms with Crippen molar-refractivity contribution >= 4 is 33.6 Å². The number of benzene rings is 1. The minimum atomic E-state index is -1.32. The van der Waals surface area contributed by atoms with Gasteiger partial charge in [0.2, 0.25) is 0 Å². The third-order valence-electron chi connectivity index (χ3n) is 10.0. The first-order chi connectivity index (χ1) is 26.7. The molecule has 3 heterocycles. The second-order valence-electron chi connectivity index (χ2n) is 17.0. The maximum atomic E-state index is 13.7. The van der Waals surface area contributed by atoms with Gasteiger partial charge in [0.15, 0.2) is 11.2 Å². The highest BCUT2D eigenvalue weighted by Gasteiger charge is 2.45. The number of ether oxygens (including phenoxy) is 6. The lowest BCUT2D eigenvalue weighted by atomic mass is 9.77. The second kappa shape index (κ2) is 19.8. The lowest BCUT2D eigenvalue weighted by Gasteiger charge is -2.38. The maximum absolute atomic E-state index is 13.7. The highest BCUT2D eigenvalue weighted by molar-refractivity contribution is 6.76. The van der Waals surface area contributed by atoms with Crippen LogP contribution in [0, 0.1) is 5.82 Å². The molecule has 1 aliphatic carbocycles. The predicted molar refractivity (Wildman–Crippen MR) is 221 cm³/mol. The van der Waals surface area contributed by atoms with Gasteiger partial charge in [0.05, 0.1) is 37.9 Å². The van der Waals surface area contributed by atoms with Crippen LogP contribution in [0.5, 0.6) is 0 Å². The van der Waals surface area contributed by atoms with Gasteiger partial charge in [0, 0.05) is 78.6 Å². The molecule has 0 saturated heterocycles. The number of aromatic nitrogens is 5. The van der Waals surface area contributed by atoms with Gasteiger partial charge in [-0.1, -0.05) is 39.3 Å². The van der Waals surface area contributed by atoms with Gasteiger partial charge in [0.1, 0.15) is 31.7 Å². The summed E-state index contributed by atoms with van der Waals surface area (Å²) < 4.78 is 52.2. The van der Waals surface area contributed by atoms with Gasteiger partial charge in [-0.2, -0.15) is 14.7 Å². The van der Waals surface area contributed by atoms with Crippen LogP contribution in [0.25, 0.3) is 22.5 Å². The monoisotopic (exact) mass is 812 g/mol. The van der Waals surface area contributed by atoms with Gasteiger partial charge in [0.25, 0.3) is 0 Å². The lowest BCUT2D eigenvalue weighted by molar-refractivity contribution is -0.180. The van der Waals surface area contributed by atoms with Crippen LogP contribution < -0.4 is 4.90 Å². The molecule has 0 bridgehead atoms. The van der Waals surface area contributed by atoms with Crippen molar-refractivity contribution in [1.82, 2.24) is 24.4 Å². The zero-order valence-electron chi connectivity index (χ0n) is 34.5. The Hall–Kier alpha value is -3.52. The molecule has 1 saturated carbocycles. The van der Waals surface area contributed by atoms with E-state index in [1.807, 2.05) is 16.9 Å². The fraction of sp³-hybridized carbons (Fsp3) is 0.600. The molecule has 16 heteroatoms. The first kappa shape index (κ1) is 43.6. The summed E-state index contributed by atoms with van der Waals surface area (Å²) in [4.78, 5) is 20.9. The topological polar surface area (TPSA) is 124 Å². The molecule has 0 radical (unpaired) electrons. The van der Waals surface area contributed by atoms with Crippen LogP contribution >= 0.6 is 0 Å². The maximum Gasteiger partial charge on any atom is 0.338 e. The second-order valence-corrected chi connectivity index (χ2v) is 28.2. The molecule has 5 rings (SSSR count). The minimum Gasteiger partial charge on any atom is -0.461 e. The Morgan fingerprint density at radius 3 is 2.09 bits per heavy atom. The van der Waals surface area contributed by atoms with Crippen LogP contribution in [0.15, 0.2) is 48.9 Å². The van der Waals surface area contributed by atoms with Crippen LogP contribution in [0.1, 0.15) is 37.3 Å². The first-order valence-electron chi connectivity index (χ1n) is 19.6. The third-order valence-corrected chi connectivity index (χ3v) is 13.4. The number of carbonyl (C=O) groups is 1. The molecule has 3 aromatic heterocycles. The van der Waals surface area contributed by atoms with E-state index in [1.165, 1.54) is 12.1 Å². The molecule has 0 spiro atoms. The van der Waals surface area contributed by atoms with Gasteiger partial charge in [-0.3, -0.25) is 0 Å². The highest BCUT2D eigenvalue weighted by atomic mass is 28.3. The van der Waals surface area contributed by atoms with Crippen LogP contribution in [0.4, 0.5) is 10.2 Å². The van der Waals surface area contributed by atoms with Crippen molar-refractivity contribution in [2.75, 3.05) is 72.2 Å². The number of carbonyl (C=O) groups excluding carboxylic acids is 1. The average Bonchev–Trinajstić information content (AvgIpc) is 3.82. The smallest absolute Gasteiger partial charge is 0.338 e. The molecular formula is C40H61FN6O7Si2. The van der Waals surface area contributed by atoms with E-state index in [1.54, 1.807) is 37.2 Å². The summed E-state index contributed by atoms with van der Waals surface area (Å²) in [5.41, 5.74) is 2.82. The number of hydrogen-bond acceptors (Lipinski definition) is 11. The number of nitrogens with zero attached hydrogens (tertiary/aromatic N) is 6. The molecule has 0 unspecified atom stereocenters. The SMILES string of the molecule is COCCOC(=O)[C@]1(OCCOC)CC[C@@H](c2cc(N(COCC[Si](C)(C)C)COCC[Si](C)(C)C)n3ncc(-c4cnn(-c5ccc(F)cc5)c4)c3n2)CC1. The van der Waals surface area contributed by atoms with Crippen LogP contribution in [-0.2, 0) is 33.2 Å².